The Hall–Kier alpha value is -7.36. The van der Waals surface area contributed by atoms with Gasteiger partial charge < -0.3 is 13.7 Å². The van der Waals surface area contributed by atoms with Crippen LogP contribution in [0.4, 0.5) is 17.1 Å². The second-order valence-corrected chi connectivity index (χ2v) is 14.1. The zero-order valence-corrected chi connectivity index (χ0v) is 29.8. The van der Waals surface area contributed by atoms with Gasteiger partial charge in [0.15, 0.2) is 0 Å². The highest BCUT2D eigenvalue weighted by atomic mass is 16.3. The number of benzene rings is 9. The first-order valence-corrected chi connectivity index (χ1v) is 18.7. The standard InChI is InChI=1S/C52H33NO2/c1-2-13-41(14-3-1)53(48-18-10-12-35-11-4-5-15-43(35)48)42-25-21-34(22-26-42)38-29-39(36-23-27-51-46(32-36)44-16-6-8-19-49(44)54-51)31-40(30-38)37-24-28-52-47(33-37)45-17-7-9-20-50(45)55-52/h1-33H. The summed E-state index contributed by atoms with van der Waals surface area (Å²) in [6.45, 7) is 0. The van der Waals surface area contributed by atoms with Gasteiger partial charge in [0.05, 0.1) is 5.69 Å². The Kier molecular flexibility index (Phi) is 7.17. The maximum absolute atomic E-state index is 6.20. The smallest absolute Gasteiger partial charge is 0.135 e. The van der Waals surface area contributed by atoms with Crippen LogP contribution in [0.2, 0.25) is 0 Å². The maximum Gasteiger partial charge on any atom is 0.135 e. The van der Waals surface area contributed by atoms with E-state index in [0.29, 0.717) is 0 Å². The lowest BCUT2D eigenvalue weighted by atomic mass is 9.92. The average Bonchev–Trinajstić information content (AvgIpc) is 3.82. The lowest BCUT2D eigenvalue weighted by Gasteiger charge is -2.27. The first kappa shape index (κ1) is 31.2. The summed E-state index contributed by atoms with van der Waals surface area (Å²) < 4.78 is 12.4. The van der Waals surface area contributed by atoms with Crippen molar-refractivity contribution in [1.29, 1.82) is 0 Å². The maximum atomic E-state index is 6.20. The van der Waals surface area contributed by atoms with Crippen LogP contribution in [0.1, 0.15) is 0 Å². The Bertz CT molecular complexity index is 3070. The molecule has 3 nitrogen and oxygen atoms in total. The van der Waals surface area contributed by atoms with E-state index in [-0.39, 0.29) is 0 Å². The molecule has 55 heavy (non-hydrogen) atoms. The molecule has 9 aromatic carbocycles. The Morgan fingerprint density at radius 1 is 0.273 bits per heavy atom. The Morgan fingerprint density at radius 2 is 0.727 bits per heavy atom. The molecule has 0 radical (unpaired) electrons. The SMILES string of the molecule is c1ccc(N(c2ccc(-c3cc(-c4ccc5oc6ccccc6c5c4)cc(-c4ccc5oc6ccccc6c5c4)c3)cc2)c2cccc3ccccc23)cc1. The first-order valence-electron chi connectivity index (χ1n) is 18.7. The van der Waals surface area contributed by atoms with Crippen LogP contribution in [0, 0.1) is 0 Å². The van der Waals surface area contributed by atoms with Gasteiger partial charge in [-0.25, -0.2) is 0 Å². The van der Waals surface area contributed by atoms with E-state index >= 15 is 0 Å². The molecule has 0 aliphatic carbocycles. The van der Waals surface area contributed by atoms with Crippen LogP contribution in [-0.4, -0.2) is 0 Å². The number of hydrogen-bond acceptors (Lipinski definition) is 3. The van der Waals surface area contributed by atoms with Crippen LogP contribution in [0.15, 0.2) is 209 Å². The third-order valence-electron chi connectivity index (χ3n) is 10.8. The van der Waals surface area contributed by atoms with Crippen molar-refractivity contribution in [2.75, 3.05) is 4.90 Å². The molecule has 0 unspecified atom stereocenters. The first-order chi connectivity index (χ1) is 27.2. The molecule has 0 spiro atoms. The molecule has 0 bridgehead atoms. The van der Waals surface area contributed by atoms with Crippen LogP contribution < -0.4 is 4.90 Å². The van der Waals surface area contributed by atoms with Crippen molar-refractivity contribution in [2.45, 2.75) is 0 Å². The minimum absolute atomic E-state index is 0.892. The van der Waals surface area contributed by atoms with Crippen molar-refractivity contribution in [3.8, 4) is 33.4 Å². The summed E-state index contributed by atoms with van der Waals surface area (Å²) in [6.07, 6.45) is 0. The predicted molar refractivity (Wildman–Crippen MR) is 229 cm³/mol. The van der Waals surface area contributed by atoms with Gasteiger partial charge in [0.25, 0.3) is 0 Å². The molecule has 0 fully saturated rings. The molecule has 0 atom stereocenters. The summed E-state index contributed by atoms with van der Waals surface area (Å²) >= 11 is 0. The normalized spacial score (nSPS) is 11.6. The van der Waals surface area contributed by atoms with Gasteiger partial charge in [-0.15, -0.1) is 0 Å². The monoisotopic (exact) mass is 703 g/mol. The zero-order valence-electron chi connectivity index (χ0n) is 29.8. The van der Waals surface area contributed by atoms with Crippen molar-refractivity contribution in [1.82, 2.24) is 0 Å². The van der Waals surface area contributed by atoms with Crippen molar-refractivity contribution < 1.29 is 8.83 Å². The number of anilines is 3. The summed E-state index contributed by atoms with van der Waals surface area (Å²) in [5.74, 6) is 0. The van der Waals surface area contributed by atoms with Gasteiger partial charge in [-0.05, 0) is 124 Å². The number of furan rings is 2. The summed E-state index contributed by atoms with van der Waals surface area (Å²) in [6, 6.07) is 71.2. The third kappa shape index (κ3) is 5.36. The topological polar surface area (TPSA) is 29.5 Å². The minimum atomic E-state index is 0.892. The van der Waals surface area contributed by atoms with Crippen molar-refractivity contribution in [3.05, 3.63) is 200 Å². The van der Waals surface area contributed by atoms with Crippen LogP contribution in [-0.2, 0) is 0 Å². The molecule has 0 saturated carbocycles. The molecule has 0 N–H and O–H groups in total. The largest absolute Gasteiger partial charge is 0.456 e. The van der Waals surface area contributed by atoms with E-state index in [9.17, 15) is 0 Å². The molecule has 11 aromatic rings. The van der Waals surface area contributed by atoms with Crippen molar-refractivity contribution in [2.24, 2.45) is 0 Å². The fraction of sp³-hybridized carbons (Fsp3) is 0. The average molecular weight is 704 g/mol. The van der Waals surface area contributed by atoms with E-state index in [1.807, 2.05) is 24.3 Å². The highest BCUT2D eigenvalue weighted by molar-refractivity contribution is 6.08. The molecule has 258 valence electrons. The Labute approximate surface area is 317 Å². The highest BCUT2D eigenvalue weighted by Gasteiger charge is 2.17. The van der Waals surface area contributed by atoms with Gasteiger partial charge in [0, 0.05) is 38.3 Å². The summed E-state index contributed by atoms with van der Waals surface area (Å²) in [5.41, 5.74) is 13.8. The molecule has 0 aliphatic heterocycles. The van der Waals surface area contributed by atoms with E-state index in [1.54, 1.807) is 0 Å². The van der Waals surface area contributed by atoms with E-state index in [1.165, 1.54) is 10.8 Å². The molecule has 11 rings (SSSR count). The Balaban J connectivity index is 1.07. The molecule has 2 heterocycles. The number of nitrogens with zero attached hydrogens (tertiary/aromatic N) is 1. The summed E-state index contributed by atoms with van der Waals surface area (Å²) in [4.78, 5) is 2.35. The predicted octanol–water partition coefficient (Wildman–Crippen LogP) is 15.1. The summed E-state index contributed by atoms with van der Waals surface area (Å²) in [5, 5.41) is 6.90. The van der Waals surface area contributed by atoms with Gasteiger partial charge in [0.2, 0.25) is 0 Å². The van der Waals surface area contributed by atoms with Gasteiger partial charge >= 0.3 is 0 Å². The quantitative estimate of drug-likeness (QED) is 0.173. The number of rotatable bonds is 6. The van der Waals surface area contributed by atoms with Crippen LogP contribution in [0.5, 0.6) is 0 Å². The Morgan fingerprint density at radius 3 is 1.35 bits per heavy atom. The molecule has 0 amide bonds. The molecule has 0 saturated heterocycles. The van der Waals surface area contributed by atoms with Gasteiger partial charge in [-0.2, -0.15) is 0 Å². The molecular formula is C52H33NO2. The highest BCUT2D eigenvalue weighted by Crippen LogP contribution is 2.42. The molecule has 0 aliphatic rings. The summed E-state index contributed by atoms with van der Waals surface area (Å²) in [7, 11) is 0. The van der Waals surface area contributed by atoms with E-state index in [4.69, 9.17) is 8.83 Å². The minimum Gasteiger partial charge on any atom is -0.456 e. The third-order valence-corrected chi connectivity index (χ3v) is 10.8. The van der Waals surface area contributed by atoms with Crippen LogP contribution >= 0.6 is 0 Å². The zero-order chi connectivity index (χ0) is 36.3. The fourth-order valence-corrected chi connectivity index (χ4v) is 8.15. The van der Waals surface area contributed by atoms with E-state index in [0.717, 1.165) is 94.3 Å². The second-order valence-electron chi connectivity index (χ2n) is 14.1. The lowest BCUT2D eigenvalue weighted by molar-refractivity contribution is 0.668. The van der Waals surface area contributed by atoms with Gasteiger partial charge in [-0.1, -0.05) is 115 Å². The molecule has 3 heteroatoms. The van der Waals surface area contributed by atoms with E-state index < -0.39 is 0 Å². The molecular weight excluding hydrogens is 671 g/mol. The van der Waals surface area contributed by atoms with Crippen molar-refractivity contribution in [3.63, 3.8) is 0 Å². The second kappa shape index (κ2) is 12.6. The van der Waals surface area contributed by atoms with Gasteiger partial charge in [-0.3, -0.25) is 0 Å². The number of fused-ring (bicyclic) bond motifs is 7. The number of hydrogen-bond donors (Lipinski definition) is 0. The molecule has 2 aromatic heterocycles. The fourth-order valence-electron chi connectivity index (χ4n) is 8.15. The van der Waals surface area contributed by atoms with Crippen molar-refractivity contribution >= 4 is 71.7 Å². The lowest BCUT2D eigenvalue weighted by Crippen LogP contribution is -2.10. The van der Waals surface area contributed by atoms with E-state index in [2.05, 4.69) is 181 Å². The van der Waals surface area contributed by atoms with Gasteiger partial charge in [0.1, 0.15) is 22.3 Å². The van der Waals surface area contributed by atoms with Crippen LogP contribution in [0.25, 0.3) is 88.0 Å². The number of para-hydroxylation sites is 3. The van der Waals surface area contributed by atoms with Crippen LogP contribution in [0.3, 0.4) is 0 Å².